The molecule has 1 aliphatic heterocycles. The molecule has 27 heteroatoms. The number of aliphatic hydroxyl groups is 5. The minimum Gasteiger partial charge on any atom is -0.481 e. The molecule has 1 aliphatic rings. The number of carboxylic acids is 3. The number of aromatic nitrogens is 4. The van der Waals surface area contributed by atoms with Crippen molar-refractivity contribution in [3.8, 4) is 0 Å². The van der Waals surface area contributed by atoms with Crippen LogP contribution in [0.25, 0.3) is 11.2 Å². The minimum absolute atomic E-state index is 0.0142. The second-order valence-corrected chi connectivity index (χ2v) is 15.2. The maximum atomic E-state index is 12.7. The predicted molar refractivity (Wildman–Crippen MR) is 203 cm³/mol. The molecule has 336 valence electrons. The van der Waals surface area contributed by atoms with Gasteiger partial charge in [0.05, 0.1) is 37.3 Å². The molecular weight excluding hydrogens is 841 g/mol. The third kappa shape index (κ3) is 14.2. The summed E-state index contributed by atoms with van der Waals surface area (Å²) in [6.45, 7) is 0.0321. The number of nitrogens with zero attached hydrogens (tertiary/aromatic N) is 3. The van der Waals surface area contributed by atoms with Crippen molar-refractivity contribution in [1.29, 1.82) is 0 Å². The Bertz CT molecular complexity index is 2110. The Morgan fingerprint density at radius 1 is 0.984 bits per heavy atom. The molecule has 3 heterocycles. The summed E-state index contributed by atoms with van der Waals surface area (Å²) in [6, 6.07) is 4.45. The smallest absolute Gasteiger partial charge is 0.473 e. The first-order chi connectivity index (χ1) is 28.6. The van der Waals surface area contributed by atoms with Crippen molar-refractivity contribution in [3.63, 3.8) is 0 Å². The summed E-state index contributed by atoms with van der Waals surface area (Å²) in [5, 5.41) is 84.9. The average Bonchev–Trinajstić information content (AvgIpc) is 3.47. The third-order valence-corrected chi connectivity index (χ3v) is 10.1. The van der Waals surface area contributed by atoms with E-state index in [4.69, 9.17) is 34.5 Å². The van der Waals surface area contributed by atoms with Gasteiger partial charge < -0.3 is 71.6 Å². The van der Waals surface area contributed by atoms with E-state index in [1.165, 1.54) is 6.20 Å². The minimum atomic E-state index is -5.33. The van der Waals surface area contributed by atoms with Gasteiger partial charge in [0, 0.05) is 24.9 Å². The zero-order chi connectivity index (χ0) is 45.2. The molecule has 3 aromatic rings. The van der Waals surface area contributed by atoms with Gasteiger partial charge >= 0.3 is 25.7 Å². The van der Waals surface area contributed by atoms with Gasteiger partial charge in [0.15, 0.2) is 17.5 Å². The number of aliphatic carboxylic acids is 3. The number of rotatable bonds is 24. The van der Waals surface area contributed by atoms with Crippen molar-refractivity contribution in [2.24, 2.45) is 0 Å². The van der Waals surface area contributed by atoms with E-state index in [1.807, 2.05) is 5.32 Å². The van der Waals surface area contributed by atoms with Crippen LogP contribution in [0.1, 0.15) is 49.9 Å². The lowest BCUT2D eigenvalue weighted by molar-refractivity contribution is -0.192. The Labute approximate surface area is 343 Å². The number of hydrogen-bond acceptors (Lipinski definition) is 20. The second kappa shape index (κ2) is 21.5. The van der Waals surface area contributed by atoms with E-state index in [1.54, 1.807) is 31.2 Å². The number of carbonyl (C=O) groups excluding carboxylic acids is 1. The van der Waals surface area contributed by atoms with E-state index in [9.17, 15) is 64.1 Å². The maximum absolute atomic E-state index is 12.7. The van der Waals surface area contributed by atoms with Gasteiger partial charge in [0.25, 0.3) is 11.5 Å². The van der Waals surface area contributed by atoms with E-state index in [-0.39, 0.29) is 23.5 Å². The van der Waals surface area contributed by atoms with E-state index in [0.29, 0.717) is 16.9 Å². The van der Waals surface area contributed by atoms with Gasteiger partial charge in [-0.15, -0.1) is 0 Å². The highest BCUT2D eigenvalue weighted by atomic mass is 31.2. The molecule has 2 aromatic heterocycles. The Morgan fingerprint density at radius 3 is 2.28 bits per heavy atom. The molecule has 1 aromatic carbocycles. The highest BCUT2D eigenvalue weighted by Gasteiger charge is 2.45. The molecule has 1 amide bonds. The van der Waals surface area contributed by atoms with Gasteiger partial charge in [-0.05, 0) is 37.5 Å². The SMILES string of the molecule is CC(Nc1ccc(CC(O)C(O)C(O)COC2OC(COP(=O)(O)OC(CCC(=O)O)C(=O)NC(CCC(=O)O)C(=O)O)C(O)C2O)cc1)c1cnc2nc(N)[nH]c(=O)c2n1. The van der Waals surface area contributed by atoms with Crippen LogP contribution < -0.4 is 21.9 Å². The summed E-state index contributed by atoms with van der Waals surface area (Å²) >= 11 is 0. The topological polar surface area (TPSA) is 426 Å². The molecular formula is C34H46N7O19P. The molecule has 0 spiro atoms. The molecule has 0 aliphatic carbocycles. The Morgan fingerprint density at radius 2 is 1.64 bits per heavy atom. The number of carbonyl (C=O) groups is 4. The fourth-order valence-electron chi connectivity index (χ4n) is 5.75. The van der Waals surface area contributed by atoms with E-state index in [0.717, 1.165) is 0 Å². The molecule has 26 nitrogen and oxygen atoms in total. The Kier molecular flexibility index (Phi) is 17.1. The number of phosphoric ester groups is 1. The molecule has 0 radical (unpaired) electrons. The number of hydrogen-bond donors (Lipinski definition) is 13. The lowest BCUT2D eigenvalue weighted by Gasteiger charge is -2.25. The zero-order valence-corrected chi connectivity index (χ0v) is 33.0. The monoisotopic (exact) mass is 887 g/mol. The first-order valence-corrected chi connectivity index (χ1v) is 19.8. The molecule has 0 bridgehead atoms. The molecule has 14 N–H and O–H groups in total. The summed E-state index contributed by atoms with van der Waals surface area (Å²) in [6.07, 6.45) is -15.6. The van der Waals surface area contributed by atoms with Crippen molar-refractivity contribution in [1.82, 2.24) is 25.3 Å². The number of nitrogens with one attached hydrogen (secondary N) is 3. The van der Waals surface area contributed by atoms with Crippen molar-refractivity contribution >= 4 is 54.4 Å². The fourth-order valence-corrected chi connectivity index (χ4v) is 6.67. The largest absolute Gasteiger partial charge is 0.481 e. The number of anilines is 2. The van der Waals surface area contributed by atoms with Crippen LogP contribution in [0.5, 0.6) is 0 Å². The third-order valence-electron chi connectivity index (χ3n) is 9.06. The van der Waals surface area contributed by atoms with Gasteiger partial charge in [-0.2, -0.15) is 4.98 Å². The van der Waals surface area contributed by atoms with Gasteiger partial charge in [-0.1, -0.05) is 12.1 Å². The summed E-state index contributed by atoms with van der Waals surface area (Å²) in [4.78, 5) is 83.4. The van der Waals surface area contributed by atoms with Crippen LogP contribution >= 0.6 is 7.82 Å². The van der Waals surface area contributed by atoms with Gasteiger partial charge in [0.2, 0.25) is 5.95 Å². The van der Waals surface area contributed by atoms with Crippen LogP contribution in [-0.4, -0.2) is 158 Å². The summed E-state index contributed by atoms with van der Waals surface area (Å²) in [7, 11) is -5.33. The van der Waals surface area contributed by atoms with Crippen LogP contribution in [0.15, 0.2) is 35.3 Å². The lowest BCUT2D eigenvalue weighted by atomic mass is 10.0. The number of H-pyrrole nitrogens is 1. The number of fused-ring (bicyclic) bond motifs is 1. The number of nitrogens with two attached hydrogens (primary N) is 1. The second-order valence-electron chi connectivity index (χ2n) is 13.8. The maximum Gasteiger partial charge on any atom is 0.473 e. The van der Waals surface area contributed by atoms with Crippen molar-refractivity contribution in [2.75, 3.05) is 24.3 Å². The molecule has 4 rings (SSSR count). The van der Waals surface area contributed by atoms with Gasteiger partial charge in [-0.25, -0.2) is 19.3 Å². The fraction of sp³-hybridized carbons (Fsp3) is 0.529. The number of amides is 1. The molecule has 0 saturated carbocycles. The van der Waals surface area contributed by atoms with Crippen molar-refractivity contribution < 1.29 is 88.0 Å². The highest BCUT2D eigenvalue weighted by Crippen LogP contribution is 2.46. The van der Waals surface area contributed by atoms with Crippen LogP contribution in [0.3, 0.4) is 0 Å². The number of phosphoric acid groups is 1. The average molecular weight is 888 g/mol. The summed E-state index contributed by atoms with van der Waals surface area (Å²) in [5.41, 5.74) is 6.73. The zero-order valence-electron chi connectivity index (χ0n) is 32.1. The normalized spacial score (nSPS) is 21.7. The molecule has 61 heavy (non-hydrogen) atoms. The van der Waals surface area contributed by atoms with Gasteiger partial charge in [0.1, 0.15) is 42.7 Å². The standard InChI is InChI=1S/C34H46N7O19P/c1-14(18-11-36-29-25(38-18)31(52)41-34(35)40-29)37-16-4-2-15(3-5-16)10-19(42)26(48)20(43)12-57-33-28(50)27(49)22(59-33)13-58-61(55,56)60-21(7-9-24(46)47)30(51)39-17(32(53)54)6-8-23(44)45/h2-5,11,14,17,19-22,26-28,33,37,42-43,48-50H,6-10,12-13H2,1H3,(H,39,51)(H,44,45)(H,46,47)(H,53,54)(H,55,56)(H3,35,36,40,41,52). The van der Waals surface area contributed by atoms with Crippen LogP contribution in [0.4, 0.5) is 11.6 Å². The van der Waals surface area contributed by atoms with Crippen LogP contribution in [0.2, 0.25) is 0 Å². The van der Waals surface area contributed by atoms with E-state index >= 15 is 0 Å². The van der Waals surface area contributed by atoms with Crippen molar-refractivity contribution in [3.05, 3.63) is 52.1 Å². The quantitative estimate of drug-likeness (QED) is 0.0409. The van der Waals surface area contributed by atoms with E-state index < -0.39 is 137 Å². The van der Waals surface area contributed by atoms with Gasteiger partial charge in [-0.3, -0.25) is 33.2 Å². The Balaban J connectivity index is 1.25. The lowest BCUT2D eigenvalue weighted by Crippen LogP contribution is -2.46. The highest BCUT2D eigenvalue weighted by molar-refractivity contribution is 7.47. The number of aliphatic hydroxyl groups excluding tert-OH is 5. The molecule has 11 unspecified atom stereocenters. The van der Waals surface area contributed by atoms with Crippen LogP contribution in [0, 0.1) is 0 Å². The number of ether oxygens (including phenoxy) is 2. The number of aromatic amines is 1. The molecule has 1 fully saturated rings. The summed E-state index contributed by atoms with van der Waals surface area (Å²) in [5.74, 6) is -5.96. The number of nitrogen functional groups attached to an aromatic ring is 1. The first-order valence-electron chi connectivity index (χ1n) is 18.3. The molecule has 1 saturated heterocycles. The molecule has 11 atom stereocenters. The summed E-state index contributed by atoms with van der Waals surface area (Å²) < 4.78 is 32.9. The van der Waals surface area contributed by atoms with Crippen LogP contribution in [-0.2, 0) is 48.7 Å². The number of carboxylic acid groups (broad SMARTS) is 3. The first kappa shape index (κ1) is 48.4. The predicted octanol–water partition coefficient (Wildman–Crippen LogP) is -2.64. The number of benzene rings is 1. The Hall–Kier alpha value is -5.25. The van der Waals surface area contributed by atoms with E-state index in [2.05, 4.69) is 25.3 Å². The van der Waals surface area contributed by atoms with Crippen molar-refractivity contribution in [2.45, 2.75) is 100 Å².